The van der Waals surface area contributed by atoms with Crippen LogP contribution >= 0.6 is 0 Å². The molecule has 1 aromatic carbocycles. The minimum Gasteiger partial charge on any atom is -0.497 e. The molecule has 0 spiro atoms. The second-order valence-electron chi connectivity index (χ2n) is 4.63. The number of aliphatic hydroxyl groups excluding tert-OH is 1. The standard InChI is InChI=1S/C13H19NO3/c1-16-10-3-9(4-11(5-10)17-2)12-6-13(12,7-14)8-15/h3-5,12,15H,6-8,14H2,1-2H3/t12-,13+/m0/s1. The molecule has 94 valence electrons. The van der Waals surface area contributed by atoms with E-state index >= 15 is 0 Å². The van der Waals surface area contributed by atoms with Crippen LogP contribution in [0, 0.1) is 5.41 Å². The van der Waals surface area contributed by atoms with Crippen LogP contribution in [0.5, 0.6) is 11.5 Å². The summed E-state index contributed by atoms with van der Waals surface area (Å²) in [6, 6.07) is 5.81. The summed E-state index contributed by atoms with van der Waals surface area (Å²) in [7, 11) is 3.27. The Morgan fingerprint density at radius 1 is 1.29 bits per heavy atom. The minimum atomic E-state index is -0.141. The molecule has 1 aromatic rings. The van der Waals surface area contributed by atoms with Gasteiger partial charge in [0.25, 0.3) is 0 Å². The summed E-state index contributed by atoms with van der Waals surface area (Å²) in [6.07, 6.45) is 0.927. The summed E-state index contributed by atoms with van der Waals surface area (Å²) in [5.74, 6) is 1.85. The average molecular weight is 237 g/mol. The lowest BCUT2D eigenvalue weighted by Crippen LogP contribution is -2.21. The summed E-state index contributed by atoms with van der Waals surface area (Å²) < 4.78 is 10.5. The third kappa shape index (κ3) is 2.10. The van der Waals surface area contributed by atoms with Gasteiger partial charge in [-0.05, 0) is 30.0 Å². The molecule has 1 aliphatic rings. The smallest absolute Gasteiger partial charge is 0.122 e. The van der Waals surface area contributed by atoms with Crippen molar-refractivity contribution in [3.63, 3.8) is 0 Å². The third-order valence-electron chi connectivity index (χ3n) is 3.69. The van der Waals surface area contributed by atoms with Gasteiger partial charge in [0.15, 0.2) is 0 Å². The molecule has 4 nitrogen and oxygen atoms in total. The molecule has 0 aliphatic heterocycles. The first-order valence-electron chi connectivity index (χ1n) is 5.73. The highest BCUT2D eigenvalue weighted by Gasteiger charge is 2.53. The molecule has 2 rings (SSSR count). The quantitative estimate of drug-likeness (QED) is 0.805. The van der Waals surface area contributed by atoms with Crippen molar-refractivity contribution in [2.24, 2.45) is 11.1 Å². The lowest BCUT2D eigenvalue weighted by Gasteiger charge is -2.13. The van der Waals surface area contributed by atoms with Crippen LogP contribution in [0.2, 0.25) is 0 Å². The van der Waals surface area contributed by atoms with E-state index in [4.69, 9.17) is 15.2 Å². The number of rotatable bonds is 5. The first-order chi connectivity index (χ1) is 8.19. The fourth-order valence-electron chi connectivity index (χ4n) is 2.31. The molecule has 2 atom stereocenters. The summed E-state index contributed by atoms with van der Waals surface area (Å²) >= 11 is 0. The van der Waals surface area contributed by atoms with Gasteiger partial charge in [0.05, 0.1) is 20.8 Å². The van der Waals surface area contributed by atoms with Crippen molar-refractivity contribution in [1.29, 1.82) is 0 Å². The van der Waals surface area contributed by atoms with Crippen molar-refractivity contribution in [2.75, 3.05) is 27.4 Å². The first-order valence-corrected chi connectivity index (χ1v) is 5.73. The van der Waals surface area contributed by atoms with Gasteiger partial charge in [-0.2, -0.15) is 0 Å². The third-order valence-corrected chi connectivity index (χ3v) is 3.69. The van der Waals surface area contributed by atoms with Gasteiger partial charge in [-0.25, -0.2) is 0 Å². The second kappa shape index (κ2) is 4.55. The Kier molecular flexibility index (Phi) is 3.26. The van der Waals surface area contributed by atoms with E-state index in [1.807, 2.05) is 18.2 Å². The number of aliphatic hydroxyl groups is 1. The minimum absolute atomic E-state index is 0.133. The van der Waals surface area contributed by atoms with E-state index in [0.29, 0.717) is 12.5 Å². The van der Waals surface area contributed by atoms with Crippen molar-refractivity contribution in [1.82, 2.24) is 0 Å². The number of nitrogens with two attached hydrogens (primary N) is 1. The van der Waals surface area contributed by atoms with Crippen LogP contribution in [0.3, 0.4) is 0 Å². The topological polar surface area (TPSA) is 64.7 Å². The second-order valence-corrected chi connectivity index (χ2v) is 4.63. The van der Waals surface area contributed by atoms with E-state index in [2.05, 4.69) is 0 Å². The maximum atomic E-state index is 9.40. The summed E-state index contributed by atoms with van der Waals surface area (Å²) in [4.78, 5) is 0. The van der Waals surface area contributed by atoms with E-state index in [9.17, 15) is 5.11 Å². The van der Waals surface area contributed by atoms with Gasteiger partial charge < -0.3 is 20.3 Å². The number of benzene rings is 1. The molecule has 0 aromatic heterocycles. The van der Waals surface area contributed by atoms with E-state index in [0.717, 1.165) is 23.5 Å². The predicted octanol–water partition coefficient (Wildman–Crippen LogP) is 1.13. The molecule has 4 heteroatoms. The van der Waals surface area contributed by atoms with Gasteiger partial charge in [-0.1, -0.05) is 0 Å². The maximum Gasteiger partial charge on any atom is 0.122 e. The molecule has 0 radical (unpaired) electrons. The Morgan fingerprint density at radius 3 is 2.24 bits per heavy atom. The van der Waals surface area contributed by atoms with Gasteiger partial charge in [-0.3, -0.25) is 0 Å². The van der Waals surface area contributed by atoms with E-state index in [1.54, 1.807) is 14.2 Å². The highest BCUT2D eigenvalue weighted by Crippen LogP contribution is 2.58. The molecule has 17 heavy (non-hydrogen) atoms. The van der Waals surface area contributed by atoms with Gasteiger partial charge >= 0.3 is 0 Å². The van der Waals surface area contributed by atoms with Crippen LogP contribution in [0.15, 0.2) is 18.2 Å². The molecule has 3 N–H and O–H groups in total. The number of ether oxygens (including phenoxy) is 2. The normalized spacial score (nSPS) is 26.7. The van der Waals surface area contributed by atoms with E-state index in [-0.39, 0.29) is 12.0 Å². The molecule has 1 fully saturated rings. The van der Waals surface area contributed by atoms with Crippen molar-refractivity contribution in [3.05, 3.63) is 23.8 Å². The zero-order valence-corrected chi connectivity index (χ0v) is 10.3. The highest BCUT2D eigenvalue weighted by atomic mass is 16.5. The average Bonchev–Trinajstić information content (AvgIpc) is 3.13. The molecule has 0 unspecified atom stereocenters. The Bertz CT molecular complexity index is 379. The van der Waals surface area contributed by atoms with Gasteiger partial charge in [-0.15, -0.1) is 0 Å². The van der Waals surface area contributed by atoms with Crippen LogP contribution < -0.4 is 15.2 Å². The van der Waals surface area contributed by atoms with Crippen LogP contribution in [-0.2, 0) is 0 Å². The number of hydrogen-bond acceptors (Lipinski definition) is 4. The number of hydrogen-bond donors (Lipinski definition) is 2. The van der Waals surface area contributed by atoms with Crippen LogP contribution in [0.4, 0.5) is 0 Å². The van der Waals surface area contributed by atoms with Crippen LogP contribution in [0.1, 0.15) is 17.9 Å². The van der Waals surface area contributed by atoms with Gasteiger partial charge in [0.2, 0.25) is 0 Å². The lowest BCUT2D eigenvalue weighted by atomic mass is 9.99. The fourth-order valence-corrected chi connectivity index (χ4v) is 2.31. The SMILES string of the molecule is COc1cc(OC)cc([C@@H]2C[C@@]2(CN)CO)c1. The predicted molar refractivity (Wildman–Crippen MR) is 65.5 cm³/mol. The monoisotopic (exact) mass is 237 g/mol. The summed E-state index contributed by atoms with van der Waals surface area (Å²) in [5.41, 5.74) is 6.71. The van der Waals surface area contributed by atoms with Gasteiger partial charge in [0.1, 0.15) is 11.5 Å². The number of methoxy groups -OCH3 is 2. The van der Waals surface area contributed by atoms with Crippen molar-refractivity contribution < 1.29 is 14.6 Å². The zero-order valence-electron chi connectivity index (χ0n) is 10.3. The van der Waals surface area contributed by atoms with Crippen LogP contribution in [0.25, 0.3) is 0 Å². The molecule has 1 aliphatic carbocycles. The fraction of sp³-hybridized carbons (Fsp3) is 0.538. The first kappa shape index (κ1) is 12.2. The van der Waals surface area contributed by atoms with Crippen molar-refractivity contribution >= 4 is 0 Å². The van der Waals surface area contributed by atoms with E-state index < -0.39 is 0 Å². The molecule has 0 amide bonds. The Balaban J connectivity index is 2.28. The largest absolute Gasteiger partial charge is 0.497 e. The zero-order chi connectivity index (χ0) is 12.5. The summed E-state index contributed by atoms with van der Waals surface area (Å²) in [5, 5.41) is 9.40. The Morgan fingerprint density at radius 2 is 1.88 bits per heavy atom. The molecule has 1 saturated carbocycles. The molecule has 0 heterocycles. The lowest BCUT2D eigenvalue weighted by molar-refractivity contribution is 0.211. The van der Waals surface area contributed by atoms with Gasteiger partial charge in [0, 0.05) is 18.0 Å². The van der Waals surface area contributed by atoms with Crippen LogP contribution in [-0.4, -0.2) is 32.5 Å². The van der Waals surface area contributed by atoms with E-state index in [1.165, 1.54) is 0 Å². The molecular formula is C13H19NO3. The summed E-state index contributed by atoms with van der Waals surface area (Å²) in [6.45, 7) is 0.640. The highest BCUT2D eigenvalue weighted by molar-refractivity contribution is 5.43. The molecule has 0 bridgehead atoms. The van der Waals surface area contributed by atoms with Crippen molar-refractivity contribution in [3.8, 4) is 11.5 Å². The Labute approximate surface area is 101 Å². The molecule has 0 saturated heterocycles. The maximum absolute atomic E-state index is 9.40. The Hall–Kier alpha value is -1.26. The molecular weight excluding hydrogens is 218 g/mol. The van der Waals surface area contributed by atoms with Crippen molar-refractivity contribution in [2.45, 2.75) is 12.3 Å².